The van der Waals surface area contributed by atoms with Gasteiger partial charge in [-0.15, -0.1) is 0 Å². The number of carbonyl (C=O) groups excluding carboxylic acids is 2. The van der Waals surface area contributed by atoms with Gasteiger partial charge in [-0.1, -0.05) is 18.2 Å². The molecule has 7 heteroatoms. The number of aliphatic hydroxyl groups is 1. The van der Waals surface area contributed by atoms with Gasteiger partial charge in [0.15, 0.2) is 5.76 Å². The molecule has 2 amide bonds. The Morgan fingerprint density at radius 2 is 1.48 bits per heavy atom. The Labute approximate surface area is 169 Å². The smallest absolute Gasteiger partial charge is 0.301 e. The number of ether oxygens (including phenoxy) is 1. The molecule has 1 N–H and O–H groups in total. The summed E-state index contributed by atoms with van der Waals surface area (Å²) in [5.41, 5.74) is 1.82. The Morgan fingerprint density at radius 3 is 2.14 bits per heavy atom. The third-order valence-corrected chi connectivity index (χ3v) is 5.41. The molecule has 0 unspecified atom stereocenters. The average Bonchev–Trinajstić information content (AvgIpc) is 2.97. The molecule has 1 saturated heterocycles. The van der Waals surface area contributed by atoms with Crippen molar-refractivity contribution >= 4 is 28.8 Å². The molecule has 2 aliphatic rings. The molecule has 0 spiro atoms. The van der Waals surface area contributed by atoms with Gasteiger partial charge in [0.05, 0.1) is 18.4 Å². The van der Waals surface area contributed by atoms with E-state index in [1.54, 1.807) is 36.4 Å². The number of nitrogens with zero attached hydrogens (tertiary/aromatic N) is 3. The molecule has 150 valence electrons. The Morgan fingerprint density at radius 1 is 0.862 bits per heavy atom. The van der Waals surface area contributed by atoms with Gasteiger partial charge in [-0.25, -0.2) is 4.90 Å². The molecule has 4 rings (SSSR count). The number of rotatable bonds is 4. The van der Waals surface area contributed by atoms with Gasteiger partial charge in [-0.3, -0.25) is 9.59 Å². The Hall–Kier alpha value is -3.32. The van der Waals surface area contributed by atoms with Gasteiger partial charge in [-0.2, -0.15) is 0 Å². The van der Waals surface area contributed by atoms with Gasteiger partial charge in [0.1, 0.15) is 5.75 Å². The predicted octanol–water partition coefficient (Wildman–Crippen LogP) is 2.29. The maximum atomic E-state index is 13.0. The second-order valence-electron chi connectivity index (χ2n) is 7.18. The van der Waals surface area contributed by atoms with Crippen LogP contribution in [-0.2, 0) is 9.59 Å². The van der Waals surface area contributed by atoms with Gasteiger partial charge >= 0.3 is 5.91 Å². The third-order valence-electron chi connectivity index (χ3n) is 5.41. The fraction of sp³-hybridized carbons (Fsp3) is 0.273. The summed E-state index contributed by atoms with van der Waals surface area (Å²) in [5.74, 6) is -1.45. The van der Waals surface area contributed by atoms with Crippen molar-refractivity contribution in [2.75, 3.05) is 50.1 Å². The third kappa shape index (κ3) is 3.34. The van der Waals surface area contributed by atoms with Crippen LogP contribution in [0.2, 0.25) is 0 Å². The zero-order valence-corrected chi connectivity index (χ0v) is 16.5. The molecule has 1 fully saturated rings. The van der Waals surface area contributed by atoms with Gasteiger partial charge in [0.2, 0.25) is 0 Å². The first-order chi connectivity index (χ1) is 14.0. The van der Waals surface area contributed by atoms with Crippen molar-refractivity contribution in [1.29, 1.82) is 0 Å². The van der Waals surface area contributed by atoms with E-state index < -0.39 is 17.6 Å². The summed E-state index contributed by atoms with van der Waals surface area (Å²) < 4.78 is 5.28. The summed E-state index contributed by atoms with van der Waals surface area (Å²) >= 11 is 0. The molecule has 0 radical (unpaired) electrons. The fourth-order valence-corrected chi connectivity index (χ4v) is 3.72. The molecule has 7 nitrogen and oxygen atoms in total. The van der Waals surface area contributed by atoms with E-state index in [0.29, 0.717) is 17.0 Å². The van der Waals surface area contributed by atoms with E-state index in [4.69, 9.17) is 4.74 Å². The van der Waals surface area contributed by atoms with Crippen LogP contribution < -0.4 is 14.5 Å². The van der Waals surface area contributed by atoms with Crippen LogP contribution in [-0.4, -0.2) is 62.2 Å². The van der Waals surface area contributed by atoms with Crippen molar-refractivity contribution in [3.8, 4) is 5.75 Å². The maximum absolute atomic E-state index is 13.0. The first-order valence-electron chi connectivity index (χ1n) is 9.50. The molecule has 0 atom stereocenters. The Bertz CT molecular complexity index is 976. The highest BCUT2D eigenvalue weighted by Crippen LogP contribution is 2.36. The number of likely N-dealkylation sites (N-methyl/N-ethyl adjacent to an activating group) is 1. The number of benzene rings is 2. The van der Waals surface area contributed by atoms with E-state index >= 15 is 0 Å². The standard InChI is InChI=1S/C22H23N3O4/c1-23-11-13-24(14-12-23)15-7-9-16(10-8-15)25-21(27)19(20(26)22(25)28)17-5-3-4-6-18(17)29-2/h3-10,26H,11-14H2,1-2H3. The Balaban J connectivity index is 1.60. The minimum atomic E-state index is -0.733. The molecule has 0 bridgehead atoms. The summed E-state index contributed by atoms with van der Waals surface area (Å²) in [7, 11) is 3.58. The first kappa shape index (κ1) is 19.0. The van der Waals surface area contributed by atoms with Crippen molar-refractivity contribution in [3.63, 3.8) is 0 Å². The van der Waals surface area contributed by atoms with Crippen molar-refractivity contribution in [2.45, 2.75) is 0 Å². The van der Waals surface area contributed by atoms with E-state index in [1.807, 2.05) is 12.1 Å². The van der Waals surface area contributed by atoms with Crippen LogP contribution in [0.1, 0.15) is 5.56 Å². The van der Waals surface area contributed by atoms with E-state index in [0.717, 1.165) is 36.8 Å². The summed E-state index contributed by atoms with van der Waals surface area (Å²) in [5, 5.41) is 10.4. The lowest BCUT2D eigenvalue weighted by molar-refractivity contribution is -0.121. The number of hydrogen-bond acceptors (Lipinski definition) is 6. The number of aliphatic hydroxyl groups excluding tert-OH is 1. The molecule has 0 aromatic heterocycles. The quantitative estimate of drug-likeness (QED) is 0.804. The van der Waals surface area contributed by atoms with Crippen LogP contribution in [0.3, 0.4) is 0 Å². The van der Waals surface area contributed by atoms with Crippen LogP contribution in [0, 0.1) is 0 Å². The van der Waals surface area contributed by atoms with Gasteiger partial charge in [0, 0.05) is 37.4 Å². The SMILES string of the molecule is COc1ccccc1C1=C(O)C(=O)N(c2ccc(N3CCN(C)CC3)cc2)C1=O. The largest absolute Gasteiger partial charge is 0.502 e. The highest BCUT2D eigenvalue weighted by Gasteiger charge is 2.41. The van der Waals surface area contributed by atoms with Crippen LogP contribution in [0.5, 0.6) is 5.75 Å². The molecule has 29 heavy (non-hydrogen) atoms. The van der Waals surface area contributed by atoms with E-state index in [2.05, 4.69) is 16.8 Å². The van der Waals surface area contributed by atoms with Crippen molar-refractivity contribution in [3.05, 3.63) is 59.9 Å². The number of amides is 2. The van der Waals surface area contributed by atoms with E-state index in [-0.39, 0.29) is 5.57 Å². The topological polar surface area (TPSA) is 73.3 Å². The lowest BCUT2D eigenvalue weighted by Crippen LogP contribution is -2.44. The number of piperazine rings is 1. The van der Waals surface area contributed by atoms with Crippen LogP contribution in [0.25, 0.3) is 5.57 Å². The Kier molecular flexibility index (Phi) is 4.98. The normalized spacial score (nSPS) is 18.0. The zero-order valence-electron chi connectivity index (χ0n) is 16.5. The molecule has 2 aliphatic heterocycles. The lowest BCUT2D eigenvalue weighted by atomic mass is 10.0. The summed E-state index contributed by atoms with van der Waals surface area (Å²) in [6.07, 6.45) is 0. The van der Waals surface area contributed by atoms with Crippen molar-refractivity contribution in [2.24, 2.45) is 0 Å². The van der Waals surface area contributed by atoms with Gasteiger partial charge in [0.25, 0.3) is 5.91 Å². The molecule has 0 saturated carbocycles. The van der Waals surface area contributed by atoms with Crippen LogP contribution in [0.4, 0.5) is 11.4 Å². The summed E-state index contributed by atoms with van der Waals surface area (Å²) in [6, 6.07) is 14.1. The van der Waals surface area contributed by atoms with Gasteiger partial charge in [-0.05, 0) is 37.4 Å². The van der Waals surface area contributed by atoms with Crippen molar-refractivity contribution in [1.82, 2.24) is 4.90 Å². The number of hydrogen-bond donors (Lipinski definition) is 1. The minimum absolute atomic E-state index is 0.0457. The second-order valence-corrected chi connectivity index (χ2v) is 7.18. The fourth-order valence-electron chi connectivity index (χ4n) is 3.72. The highest BCUT2D eigenvalue weighted by atomic mass is 16.5. The summed E-state index contributed by atoms with van der Waals surface area (Å²) in [6.45, 7) is 3.84. The maximum Gasteiger partial charge on any atom is 0.301 e. The van der Waals surface area contributed by atoms with E-state index in [1.165, 1.54) is 7.11 Å². The predicted molar refractivity (Wildman–Crippen MR) is 111 cm³/mol. The van der Waals surface area contributed by atoms with Gasteiger partial charge < -0.3 is 19.6 Å². The molecule has 2 aromatic rings. The number of methoxy groups -OCH3 is 1. The highest BCUT2D eigenvalue weighted by molar-refractivity contribution is 6.45. The second kappa shape index (κ2) is 7.60. The molecular weight excluding hydrogens is 370 g/mol. The lowest BCUT2D eigenvalue weighted by Gasteiger charge is -2.34. The van der Waals surface area contributed by atoms with Crippen molar-refractivity contribution < 1.29 is 19.4 Å². The minimum Gasteiger partial charge on any atom is -0.502 e. The molecule has 2 heterocycles. The average molecular weight is 393 g/mol. The first-order valence-corrected chi connectivity index (χ1v) is 9.50. The van der Waals surface area contributed by atoms with E-state index in [9.17, 15) is 14.7 Å². The number of para-hydroxylation sites is 1. The molecular formula is C22H23N3O4. The molecule has 2 aromatic carbocycles. The van der Waals surface area contributed by atoms with Crippen LogP contribution >= 0.6 is 0 Å². The number of carbonyl (C=O) groups is 2. The monoisotopic (exact) mass is 393 g/mol. The molecule has 0 aliphatic carbocycles. The summed E-state index contributed by atoms with van der Waals surface area (Å²) in [4.78, 5) is 31.3. The number of imide groups is 1. The van der Waals surface area contributed by atoms with Crippen LogP contribution in [0.15, 0.2) is 54.3 Å². The zero-order chi connectivity index (χ0) is 20.5. The number of anilines is 2.